The Morgan fingerprint density at radius 1 is 1.15 bits per heavy atom. The first kappa shape index (κ1) is 14.0. The van der Waals surface area contributed by atoms with Crippen molar-refractivity contribution >= 4 is 17.5 Å². The number of aryl methyl sites for hydroxylation is 1. The fraction of sp³-hybridized carbons (Fsp3) is 0.267. The number of ether oxygens (including phenoxy) is 2. The molecule has 2 rings (SSSR count). The molecule has 1 aliphatic carbocycles. The van der Waals surface area contributed by atoms with E-state index in [0.29, 0.717) is 5.56 Å². The minimum atomic E-state index is -0.520. The normalized spacial score (nSPS) is 13.1. The number of carbonyl (C=O) groups excluding carboxylic acids is 3. The Hall–Kier alpha value is -2.43. The molecule has 5 heteroatoms. The topological polar surface area (TPSA) is 69.7 Å². The van der Waals surface area contributed by atoms with Crippen molar-refractivity contribution in [2.75, 3.05) is 13.2 Å². The van der Waals surface area contributed by atoms with Gasteiger partial charge in [0.25, 0.3) is 0 Å². The molecular formula is C15H14O5. The molecular weight excluding hydrogens is 260 g/mol. The van der Waals surface area contributed by atoms with Gasteiger partial charge in [-0.1, -0.05) is 0 Å². The lowest BCUT2D eigenvalue weighted by Gasteiger charge is -2.15. The second kappa shape index (κ2) is 5.69. The lowest BCUT2D eigenvalue weighted by molar-refractivity contribution is -0.145. The van der Waals surface area contributed by atoms with Gasteiger partial charge in [0.2, 0.25) is 0 Å². The predicted octanol–water partition coefficient (Wildman–Crippen LogP) is 1.87. The Labute approximate surface area is 116 Å². The Morgan fingerprint density at radius 2 is 1.85 bits per heavy atom. The molecule has 0 fully saturated rings. The first-order valence-electron chi connectivity index (χ1n) is 6.22. The molecule has 0 heterocycles. The Kier molecular flexibility index (Phi) is 3.98. The molecule has 20 heavy (non-hydrogen) atoms. The van der Waals surface area contributed by atoms with Gasteiger partial charge < -0.3 is 9.47 Å². The summed E-state index contributed by atoms with van der Waals surface area (Å²) in [4.78, 5) is 35.0. The number of fused-ring (bicyclic) bond motifs is 1. The van der Waals surface area contributed by atoms with Crippen LogP contribution >= 0.6 is 0 Å². The summed E-state index contributed by atoms with van der Waals surface area (Å²) in [5.74, 6) is -0.841. The maximum atomic E-state index is 11.9. The zero-order valence-corrected chi connectivity index (χ0v) is 11.3. The van der Waals surface area contributed by atoms with Crippen molar-refractivity contribution in [3.05, 3.63) is 41.0 Å². The van der Waals surface area contributed by atoms with Gasteiger partial charge in [-0.05, 0) is 43.7 Å². The van der Waals surface area contributed by atoms with Gasteiger partial charge in [-0.3, -0.25) is 9.59 Å². The van der Waals surface area contributed by atoms with E-state index >= 15 is 0 Å². The summed E-state index contributed by atoms with van der Waals surface area (Å²) in [6.45, 7) is 3.44. The zero-order valence-electron chi connectivity index (χ0n) is 11.3. The molecule has 1 aromatic carbocycles. The van der Waals surface area contributed by atoms with E-state index < -0.39 is 5.97 Å². The van der Waals surface area contributed by atoms with Gasteiger partial charge in [0, 0.05) is 5.56 Å². The standard InChI is InChI=1S/C15H14O5/c1-3-19-14(18)8-20-13-7-9(2)6-10-11(16)4-5-12(17)15(10)13/h4-7H,3,8H2,1-2H3. The molecule has 0 amide bonds. The van der Waals surface area contributed by atoms with Gasteiger partial charge in [-0.2, -0.15) is 0 Å². The van der Waals surface area contributed by atoms with Crippen LogP contribution in [-0.2, 0) is 9.53 Å². The van der Waals surface area contributed by atoms with Crippen LogP contribution in [0.1, 0.15) is 33.2 Å². The average molecular weight is 274 g/mol. The molecule has 0 radical (unpaired) electrons. The Morgan fingerprint density at radius 3 is 2.55 bits per heavy atom. The quantitative estimate of drug-likeness (QED) is 0.784. The van der Waals surface area contributed by atoms with Crippen molar-refractivity contribution in [1.82, 2.24) is 0 Å². The summed E-state index contributed by atoms with van der Waals surface area (Å²) in [5, 5.41) is 0. The first-order valence-corrected chi connectivity index (χ1v) is 6.22. The van der Waals surface area contributed by atoms with Crippen LogP contribution in [0.3, 0.4) is 0 Å². The van der Waals surface area contributed by atoms with Crippen molar-refractivity contribution in [1.29, 1.82) is 0 Å². The molecule has 0 saturated carbocycles. The lowest BCUT2D eigenvalue weighted by Crippen LogP contribution is -2.18. The molecule has 0 bridgehead atoms. The maximum Gasteiger partial charge on any atom is 0.344 e. The third kappa shape index (κ3) is 2.77. The highest BCUT2D eigenvalue weighted by molar-refractivity contribution is 6.23. The van der Waals surface area contributed by atoms with Gasteiger partial charge in [0.05, 0.1) is 12.2 Å². The monoisotopic (exact) mass is 274 g/mol. The fourth-order valence-corrected chi connectivity index (χ4v) is 1.98. The molecule has 5 nitrogen and oxygen atoms in total. The number of esters is 1. The highest BCUT2D eigenvalue weighted by atomic mass is 16.6. The van der Waals surface area contributed by atoms with Crippen molar-refractivity contribution in [3.8, 4) is 5.75 Å². The smallest absolute Gasteiger partial charge is 0.344 e. The molecule has 1 aromatic rings. The number of hydrogen-bond acceptors (Lipinski definition) is 5. The van der Waals surface area contributed by atoms with E-state index in [4.69, 9.17) is 9.47 Å². The molecule has 1 aliphatic rings. The highest BCUT2D eigenvalue weighted by Crippen LogP contribution is 2.28. The van der Waals surface area contributed by atoms with Crippen LogP contribution in [0.5, 0.6) is 5.75 Å². The third-order valence-electron chi connectivity index (χ3n) is 2.80. The van der Waals surface area contributed by atoms with E-state index in [1.807, 2.05) is 0 Å². The lowest BCUT2D eigenvalue weighted by atomic mass is 9.92. The molecule has 0 atom stereocenters. The SMILES string of the molecule is CCOC(=O)COc1cc(C)cc2c1C(=O)C=CC2=O. The largest absolute Gasteiger partial charge is 0.481 e. The summed E-state index contributed by atoms with van der Waals surface area (Å²) in [6.07, 6.45) is 2.44. The predicted molar refractivity (Wildman–Crippen MR) is 71.1 cm³/mol. The van der Waals surface area contributed by atoms with E-state index in [1.54, 1.807) is 26.0 Å². The van der Waals surface area contributed by atoms with E-state index in [-0.39, 0.29) is 36.1 Å². The summed E-state index contributed by atoms with van der Waals surface area (Å²) < 4.78 is 10.1. The van der Waals surface area contributed by atoms with E-state index in [2.05, 4.69) is 0 Å². The maximum absolute atomic E-state index is 11.9. The second-order valence-electron chi connectivity index (χ2n) is 4.34. The molecule has 0 saturated heterocycles. The van der Waals surface area contributed by atoms with Gasteiger partial charge in [-0.15, -0.1) is 0 Å². The van der Waals surface area contributed by atoms with E-state index in [0.717, 1.165) is 5.56 Å². The van der Waals surface area contributed by atoms with Crippen LogP contribution in [0.2, 0.25) is 0 Å². The fourth-order valence-electron chi connectivity index (χ4n) is 1.98. The Balaban J connectivity index is 2.33. The molecule has 0 aliphatic heterocycles. The molecule has 0 aromatic heterocycles. The Bertz CT molecular complexity index is 613. The first-order chi connectivity index (χ1) is 9.52. The van der Waals surface area contributed by atoms with Crippen LogP contribution in [0.4, 0.5) is 0 Å². The number of benzene rings is 1. The van der Waals surface area contributed by atoms with E-state index in [1.165, 1.54) is 12.2 Å². The molecule has 104 valence electrons. The van der Waals surface area contributed by atoms with Crippen LogP contribution in [0.15, 0.2) is 24.3 Å². The number of allylic oxidation sites excluding steroid dienone is 2. The number of hydrogen-bond donors (Lipinski definition) is 0. The minimum Gasteiger partial charge on any atom is -0.481 e. The average Bonchev–Trinajstić information content (AvgIpc) is 2.40. The van der Waals surface area contributed by atoms with Crippen LogP contribution < -0.4 is 4.74 Å². The minimum absolute atomic E-state index is 0.201. The van der Waals surface area contributed by atoms with Crippen molar-refractivity contribution < 1.29 is 23.9 Å². The van der Waals surface area contributed by atoms with Gasteiger partial charge in [0.1, 0.15) is 5.75 Å². The van der Waals surface area contributed by atoms with Crippen LogP contribution in [-0.4, -0.2) is 30.7 Å². The molecule has 0 spiro atoms. The summed E-state index contributed by atoms with van der Waals surface area (Å²) >= 11 is 0. The molecule has 0 unspecified atom stereocenters. The summed E-state index contributed by atoms with van der Waals surface area (Å²) in [5.41, 5.74) is 1.28. The summed E-state index contributed by atoms with van der Waals surface area (Å²) in [7, 11) is 0. The molecule has 0 N–H and O–H groups in total. The van der Waals surface area contributed by atoms with Gasteiger partial charge in [-0.25, -0.2) is 4.79 Å². The van der Waals surface area contributed by atoms with Crippen LogP contribution in [0.25, 0.3) is 0 Å². The summed E-state index contributed by atoms with van der Waals surface area (Å²) in [6, 6.07) is 3.26. The zero-order chi connectivity index (χ0) is 14.7. The van der Waals surface area contributed by atoms with Crippen molar-refractivity contribution in [2.45, 2.75) is 13.8 Å². The number of carbonyl (C=O) groups is 3. The van der Waals surface area contributed by atoms with Crippen molar-refractivity contribution in [3.63, 3.8) is 0 Å². The van der Waals surface area contributed by atoms with Crippen LogP contribution in [0, 0.1) is 6.92 Å². The number of rotatable bonds is 4. The highest BCUT2D eigenvalue weighted by Gasteiger charge is 2.24. The van der Waals surface area contributed by atoms with E-state index in [9.17, 15) is 14.4 Å². The van der Waals surface area contributed by atoms with Gasteiger partial charge >= 0.3 is 5.97 Å². The van der Waals surface area contributed by atoms with Gasteiger partial charge in [0.15, 0.2) is 18.2 Å². The number of ketones is 2. The third-order valence-corrected chi connectivity index (χ3v) is 2.80. The van der Waals surface area contributed by atoms with Crippen molar-refractivity contribution in [2.24, 2.45) is 0 Å². The second-order valence-corrected chi connectivity index (χ2v) is 4.34.